The van der Waals surface area contributed by atoms with Crippen molar-refractivity contribution in [2.75, 3.05) is 19.8 Å². The number of nitrogens with one attached hydrogen (secondary N) is 1. The lowest BCUT2D eigenvalue weighted by Crippen LogP contribution is -2.32. The third kappa shape index (κ3) is 4.94. The number of hydrogen-bond acceptors (Lipinski definition) is 5. The van der Waals surface area contributed by atoms with E-state index in [1.807, 2.05) is 42.5 Å². The van der Waals surface area contributed by atoms with Crippen molar-refractivity contribution in [3.05, 3.63) is 76.8 Å². The fourth-order valence-corrected chi connectivity index (χ4v) is 2.54. The van der Waals surface area contributed by atoms with Crippen LogP contribution in [0.15, 0.2) is 66.7 Å². The molecule has 0 spiro atoms. The first kappa shape index (κ1) is 18.2. The van der Waals surface area contributed by atoms with E-state index in [1.165, 1.54) is 24.3 Å². The Balaban J connectivity index is 1.41. The highest BCUT2D eigenvalue weighted by Gasteiger charge is 2.07. The molecule has 0 aliphatic heterocycles. The van der Waals surface area contributed by atoms with Crippen LogP contribution < -0.4 is 14.8 Å². The molecule has 0 radical (unpaired) electrons. The van der Waals surface area contributed by atoms with Crippen LogP contribution in [-0.4, -0.2) is 30.6 Å². The summed E-state index contributed by atoms with van der Waals surface area (Å²) in [6, 6.07) is 19.3. The van der Waals surface area contributed by atoms with Gasteiger partial charge in [-0.15, -0.1) is 0 Å². The fourth-order valence-electron chi connectivity index (χ4n) is 2.54. The molecule has 3 aromatic rings. The number of non-ortho nitro benzene ring substituents is 1. The van der Waals surface area contributed by atoms with Gasteiger partial charge in [0.2, 0.25) is 0 Å². The molecular weight excluding hydrogens is 348 g/mol. The zero-order valence-corrected chi connectivity index (χ0v) is 14.5. The number of rotatable bonds is 8. The Kier molecular flexibility index (Phi) is 5.84. The summed E-state index contributed by atoms with van der Waals surface area (Å²) in [6.45, 7) is 0.495. The van der Waals surface area contributed by atoms with Crippen LogP contribution in [0.25, 0.3) is 10.8 Å². The van der Waals surface area contributed by atoms with Crippen LogP contribution in [0, 0.1) is 10.1 Å². The molecule has 0 aliphatic rings. The SMILES string of the molecule is O=C(COc1ccc([N+](=O)[O-])cc1)NCCOc1cccc2ccccc12. The van der Waals surface area contributed by atoms with Crippen molar-refractivity contribution in [3.8, 4) is 11.5 Å². The van der Waals surface area contributed by atoms with E-state index in [1.54, 1.807) is 0 Å². The van der Waals surface area contributed by atoms with Crippen molar-refractivity contribution in [1.29, 1.82) is 0 Å². The van der Waals surface area contributed by atoms with E-state index in [2.05, 4.69) is 5.32 Å². The number of nitro groups is 1. The number of carbonyl (C=O) groups is 1. The van der Waals surface area contributed by atoms with E-state index in [-0.39, 0.29) is 18.2 Å². The number of nitro benzene ring substituents is 1. The molecule has 0 saturated heterocycles. The van der Waals surface area contributed by atoms with Gasteiger partial charge in [0.25, 0.3) is 11.6 Å². The van der Waals surface area contributed by atoms with Gasteiger partial charge in [0.15, 0.2) is 6.61 Å². The maximum absolute atomic E-state index is 11.8. The normalized spacial score (nSPS) is 10.4. The van der Waals surface area contributed by atoms with Crippen LogP contribution in [0.5, 0.6) is 11.5 Å². The second kappa shape index (κ2) is 8.66. The van der Waals surface area contributed by atoms with Crippen molar-refractivity contribution in [2.24, 2.45) is 0 Å². The lowest BCUT2D eigenvalue weighted by atomic mass is 10.1. The van der Waals surface area contributed by atoms with Crippen LogP contribution in [0.4, 0.5) is 5.69 Å². The van der Waals surface area contributed by atoms with Crippen molar-refractivity contribution < 1.29 is 19.2 Å². The second-order valence-electron chi connectivity index (χ2n) is 5.72. The summed E-state index contributed by atoms with van der Waals surface area (Å²) in [5.74, 6) is 0.863. The Morgan fingerprint density at radius 3 is 2.48 bits per heavy atom. The van der Waals surface area contributed by atoms with Gasteiger partial charge in [0.05, 0.1) is 11.5 Å². The van der Waals surface area contributed by atoms with Gasteiger partial charge >= 0.3 is 0 Å². The van der Waals surface area contributed by atoms with Gasteiger partial charge in [-0.2, -0.15) is 0 Å². The molecular formula is C20H18N2O5. The molecule has 0 heterocycles. The molecule has 0 bridgehead atoms. The standard InChI is InChI=1S/C20H18N2O5/c23-20(14-27-17-10-8-16(9-11-17)22(24)25)21-12-13-26-19-7-3-5-15-4-1-2-6-18(15)19/h1-11H,12-14H2,(H,21,23). The summed E-state index contributed by atoms with van der Waals surface area (Å²) in [7, 11) is 0. The van der Waals surface area contributed by atoms with Crippen LogP contribution in [0.2, 0.25) is 0 Å². The molecule has 0 fully saturated rings. The first-order chi connectivity index (χ1) is 13.1. The van der Waals surface area contributed by atoms with Crippen LogP contribution in [0.1, 0.15) is 0 Å². The predicted octanol–water partition coefficient (Wildman–Crippen LogP) is 3.32. The average molecular weight is 366 g/mol. The molecule has 7 nitrogen and oxygen atoms in total. The summed E-state index contributed by atoms with van der Waals surface area (Å²) in [6.07, 6.45) is 0. The molecule has 0 aliphatic carbocycles. The maximum Gasteiger partial charge on any atom is 0.269 e. The highest BCUT2D eigenvalue weighted by molar-refractivity contribution is 5.88. The summed E-state index contributed by atoms with van der Waals surface area (Å²) < 4.78 is 11.0. The van der Waals surface area contributed by atoms with E-state index in [0.717, 1.165) is 16.5 Å². The van der Waals surface area contributed by atoms with Crippen LogP contribution >= 0.6 is 0 Å². The summed E-state index contributed by atoms with van der Waals surface area (Å²) in [4.78, 5) is 21.9. The zero-order valence-electron chi connectivity index (χ0n) is 14.5. The van der Waals surface area contributed by atoms with Crippen molar-refractivity contribution >= 4 is 22.4 Å². The molecule has 7 heteroatoms. The number of amides is 1. The molecule has 1 N–H and O–H groups in total. The van der Waals surface area contributed by atoms with Gasteiger partial charge in [0.1, 0.15) is 18.1 Å². The van der Waals surface area contributed by atoms with E-state index in [0.29, 0.717) is 18.9 Å². The molecule has 0 aromatic heterocycles. The molecule has 1 amide bonds. The molecule has 138 valence electrons. The molecule has 3 rings (SSSR count). The second-order valence-corrected chi connectivity index (χ2v) is 5.72. The number of nitrogens with zero attached hydrogens (tertiary/aromatic N) is 1. The van der Waals surface area contributed by atoms with Gasteiger partial charge in [0, 0.05) is 17.5 Å². The minimum absolute atomic E-state index is 0.0302. The molecule has 27 heavy (non-hydrogen) atoms. The average Bonchev–Trinajstić information content (AvgIpc) is 2.70. The summed E-state index contributed by atoms with van der Waals surface area (Å²) in [5.41, 5.74) is -0.0302. The van der Waals surface area contributed by atoms with Crippen LogP contribution in [0.3, 0.4) is 0 Å². The Labute approximate surface area is 155 Å². The zero-order chi connectivity index (χ0) is 19.1. The maximum atomic E-state index is 11.8. The van der Waals surface area contributed by atoms with Gasteiger partial charge in [-0.1, -0.05) is 36.4 Å². The van der Waals surface area contributed by atoms with Crippen LogP contribution in [-0.2, 0) is 4.79 Å². The summed E-state index contributed by atoms with van der Waals surface area (Å²) in [5, 5.41) is 15.4. The highest BCUT2D eigenvalue weighted by Crippen LogP contribution is 2.24. The molecule has 0 unspecified atom stereocenters. The quantitative estimate of drug-likeness (QED) is 0.375. The predicted molar refractivity (Wildman–Crippen MR) is 101 cm³/mol. The Bertz CT molecular complexity index is 935. The molecule has 0 saturated carbocycles. The van der Waals surface area contributed by atoms with Gasteiger partial charge in [-0.05, 0) is 23.6 Å². The number of benzene rings is 3. The third-order valence-electron chi connectivity index (χ3n) is 3.85. The third-order valence-corrected chi connectivity index (χ3v) is 3.85. The summed E-state index contributed by atoms with van der Waals surface area (Å²) >= 11 is 0. The topological polar surface area (TPSA) is 90.7 Å². The largest absolute Gasteiger partial charge is 0.491 e. The fraction of sp³-hybridized carbons (Fsp3) is 0.150. The van der Waals surface area contributed by atoms with Gasteiger partial charge < -0.3 is 14.8 Å². The van der Waals surface area contributed by atoms with Crippen molar-refractivity contribution in [2.45, 2.75) is 0 Å². The number of carbonyl (C=O) groups excluding carboxylic acids is 1. The minimum atomic E-state index is -0.494. The first-order valence-corrected chi connectivity index (χ1v) is 8.38. The number of hydrogen-bond donors (Lipinski definition) is 1. The number of ether oxygens (including phenoxy) is 2. The Morgan fingerprint density at radius 1 is 0.963 bits per heavy atom. The Hall–Kier alpha value is -3.61. The highest BCUT2D eigenvalue weighted by atomic mass is 16.6. The monoisotopic (exact) mass is 366 g/mol. The molecule has 0 atom stereocenters. The number of fused-ring (bicyclic) bond motifs is 1. The van der Waals surface area contributed by atoms with E-state index in [4.69, 9.17) is 9.47 Å². The van der Waals surface area contributed by atoms with E-state index >= 15 is 0 Å². The van der Waals surface area contributed by atoms with E-state index in [9.17, 15) is 14.9 Å². The van der Waals surface area contributed by atoms with Gasteiger partial charge in [-0.25, -0.2) is 0 Å². The lowest BCUT2D eigenvalue weighted by Gasteiger charge is -2.10. The van der Waals surface area contributed by atoms with E-state index < -0.39 is 4.92 Å². The smallest absolute Gasteiger partial charge is 0.269 e. The lowest BCUT2D eigenvalue weighted by molar-refractivity contribution is -0.384. The van der Waals surface area contributed by atoms with Crippen molar-refractivity contribution in [3.63, 3.8) is 0 Å². The van der Waals surface area contributed by atoms with Gasteiger partial charge in [-0.3, -0.25) is 14.9 Å². The first-order valence-electron chi connectivity index (χ1n) is 8.38. The van der Waals surface area contributed by atoms with Crippen molar-refractivity contribution in [1.82, 2.24) is 5.32 Å². The molecule has 3 aromatic carbocycles. The Morgan fingerprint density at radius 2 is 1.70 bits per heavy atom. The minimum Gasteiger partial charge on any atom is -0.491 e.